The van der Waals surface area contributed by atoms with Gasteiger partial charge in [-0.1, -0.05) is 35.0 Å². The van der Waals surface area contributed by atoms with Crippen molar-refractivity contribution in [3.05, 3.63) is 23.8 Å². The van der Waals surface area contributed by atoms with E-state index in [1.807, 2.05) is 12.1 Å². The highest BCUT2D eigenvalue weighted by Gasteiger charge is 2.10. The van der Waals surface area contributed by atoms with Crippen LogP contribution in [0.4, 0.5) is 0 Å². The second-order valence-corrected chi connectivity index (χ2v) is 4.60. The van der Waals surface area contributed by atoms with Gasteiger partial charge < -0.3 is 9.47 Å². The normalized spacial score (nSPS) is 12.2. The first-order valence-corrected chi connectivity index (χ1v) is 6.60. The molecule has 0 amide bonds. The molecule has 1 atom stereocenters. The second-order valence-electron chi connectivity index (χ2n) is 3.95. The molecule has 1 aromatic carbocycles. The Morgan fingerprint density at radius 1 is 1.25 bits per heavy atom. The van der Waals surface area contributed by atoms with Gasteiger partial charge in [0, 0.05) is 5.33 Å². The zero-order valence-corrected chi connectivity index (χ0v) is 11.7. The van der Waals surface area contributed by atoms with Crippen molar-refractivity contribution in [2.24, 2.45) is 5.92 Å². The van der Waals surface area contributed by atoms with Crippen molar-refractivity contribution in [1.29, 1.82) is 0 Å². The molecule has 0 spiro atoms. The topological polar surface area (TPSA) is 18.5 Å². The summed E-state index contributed by atoms with van der Waals surface area (Å²) in [7, 11) is 3.36. The number of para-hydroxylation sites is 1. The first-order chi connectivity index (χ1) is 7.72. The molecule has 1 rings (SSSR count). The van der Waals surface area contributed by atoms with Crippen LogP contribution in [0.1, 0.15) is 18.9 Å². The Morgan fingerprint density at radius 2 is 2.00 bits per heavy atom. The summed E-state index contributed by atoms with van der Waals surface area (Å²) in [5.41, 5.74) is 1.22. The molecule has 1 unspecified atom stereocenters. The van der Waals surface area contributed by atoms with Gasteiger partial charge in [0.1, 0.15) is 0 Å². The maximum absolute atomic E-state index is 5.40. The van der Waals surface area contributed by atoms with Crippen LogP contribution < -0.4 is 9.47 Å². The van der Waals surface area contributed by atoms with Crippen molar-refractivity contribution in [3.8, 4) is 11.5 Å². The van der Waals surface area contributed by atoms with E-state index < -0.39 is 0 Å². The Hall–Kier alpha value is -0.700. The van der Waals surface area contributed by atoms with Gasteiger partial charge in [-0.3, -0.25) is 0 Å². The molecule has 0 saturated heterocycles. The zero-order chi connectivity index (χ0) is 12.0. The molecular formula is C13H19BrO2. The number of ether oxygens (including phenoxy) is 2. The molecule has 3 heteroatoms. The fourth-order valence-corrected chi connectivity index (χ4v) is 1.95. The summed E-state index contributed by atoms with van der Waals surface area (Å²) >= 11 is 3.50. The van der Waals surface area contributed by atoms with Crippen LogP contribution >= 0.6 is 15.9 Å². The molecule has 0 aliphatic carbocycles. The minimum absolute atomic E-state index is 0.677. The molecule has 0 heterocycles. The zero-order valence-electron chi connectivity index (χ0n) is 10.1. The van der Waals surface area contributed by atoms with Crippen LogP contribution in [0.2, 0.25) is 0 Å². The van der Waals surface area contributed by atoms with E-state index >= 15 is 0 Å². The molecule has 1 aromatic rings. The first-order valence-electron chi connectivity index (χ1n) is 5.48. The van der Waals surface area contributed by atoms with Crippen molar-refractivity contribution in [1.82, 2.24) is 0 Å². The highest BCUT2D eigenvalue weighted by atomic mass is 79.9. The molecule has 0 radical (unpaired) electrons. The average molecular weight is 287 g/mol. The van der Waals surface area contributed by atoms with E-state index in [2.05, 4.69) is 28.9 Å². The lowest BCUT2D eigenvalue weighted by Gasteiger charge is -2.13. The minimum atomic E-state index is 0.677. The van der Waals surface area contributed by atoms with E-state index in [-0.39, 0.29) is 0 Å². The number of benzene rings is 1. The lowest BCUT2D eigenvalue weighted by Crippen LogP contribution is -2.01. The van der Waals surface area contributed by atoms with Gasteiger partial charge in [0.2, 0.25) is 0 Å². The van der Waals surface area contributed by atoms with Gasteiger partial charge in [-0.2, -0.15) is 0 Å². The smallest absolute Gasteiger partial charge is 0.163 e. The van der Waals surface area contributed by atoms with Crippen LogP contribution in [0.3, 0.4) is 0 Å². The van der Waals surface area contributed by atoms with Gasteiger partial charge in [0.15, 0.2) is 11.5 Å². The maximum Gasteiger partial charge on any atom is 0.163 e. The molecule has 16 heavy (non-hydrogen) atoms. The fraction of sp³-hybridized carbons (Fsp3) is 0.538. The number of methoxy groups -OCH3 is 2. The molecule has 90 valence electrons. The van der Waals surface area contributed by atoms with Crippen molar-refractivity contribution in [2.75, 3.05) is 19.5 Å². The Bertz CT molecular complexity index is 326. The van der Waals surface area contributed by atoms with Crippen LogP contribution in [-0.2, 0) is 6.42 Å². The van der Waals surface area contributed by atoms with Gasteiger partial charge >= 0.3 is 0 Å². The van der Waals surface area contributed by atoms with E-state index in [1.54, 1.807) is 14.2 Å². The molecule has 0 bridgehead atoms. The third-order valence-corrected chi connectivity index (χ3v) is 3.76. The number of aryl methyl sites for hydroxylation is 1. The molecule has 0 aromatic heterocycles. The van der Waals surface area contributed by atoms with Crippen LogP contribution in [0.5, 0.6) is 11.5 Å². The second kappa shape index (κ2) is 6.79. The highest BCUT2D eigenvalue weighted by molar-refractivity contribution is 9.09. The SMILES string of the molecule is COc1cccc(CCC(C)CBr)c1OC. The molecular weight excluding hydrogens is 268 g/mol. The first kappa shape index (κ1) is 13.4. The standard InChI is InChI=1S/C13H19BrO2/c1-10(9-14)7-8-11-5-4-6-12(15-2)13(11)16-3/h4-6,10H,7-9H2,1-3H3. The Balaban J connectivity index is 2.78. The third kappa shape index (κ3) is 3.41. The van der Waals surface area contributed by atoms with Gasteiger partial charge in [0.25, 0.3) is 0 Å². The van der Waals surface area contributed by atoms with Crippen LogP contribution in [-0.4, -0.2) is 19.5 Å². The van der Waals surface area contributed by atoms with Gasteiger partial charge in [-0.05, 0) is 30.4 Å². The van der Waals surface area contributed by atoms with E-state index in [1.165, 1.54) is 5.56 Å². The van der Waals surface area contributed by atoms with Crippen LogP contribution in [0, 0.1) is 5.92 Å². The maximum atomic E-state index is 5.40. The van der Waals surface area contributed by atoms with Crippen LogP contribution in [0.15, 0.2) is 18.2 Å². The van der Waals surface area contributed by atoms with E-state index in [0.29, 0.717) is 5.92 Å². The summed E-state index contributed by atoms with van der Waals surface area (Å²) in [6.45, 7) is 2.24. The van der Waals surface area contributed by atoms with E-state index in [0.717, 1.165) is 29.7 Å². The summed E-state index contributed by atoms with van der Waals surface area (Å²) in [6, 6.07) is 6.04. The molecule has 2 nitrogen and oxygen atoms in total. The van der Waals surface area contributed by atoms with Gasteiger partial charge in [0.05, 0.1) is 14.2 Å². The molecule has 0 aliphatic heterocycles. The van der Waals surface area contributed by atoms with Crippen molar-refractivity contribution in [3.63, 3.8) is 0 Å². The molecule has 0 saturated carbocycles. The monoisotopic (exact) mass is 286 g/mol. The summed E-state index contributed by atoms with van der Waals surface area (Å²) in [5, 5.41) is 1.04. The summed E-state index contributed by atoms with van der Waals surface area (Å²) in [5.74, 6) is 2.36. The predicted molar refractivity (Wildman–Crippen MR) is 70.8 cm³/mol. The van der Waals surface area contributed by atoms with Crippen LogP contribution in [0.25, 0.3) is 0 Å². The molecule has 0 N–H and O–H groups in total. The predicted octanol–water partition coefficient (Wildman–Crippen LogP) is 3.67. The summed E-state index contributed by atoms with van der Waals surface area (Å²) < 4.78 is 10.7. The largest absolute Gasteiger partial charge is 0.493 e. The Labute approximate surface area is 106 Å². The van der Waals surface area contributed by atoms with Crippen molar-refractivity contribution < 1.29 is 9.47 Å². The summed E-state index contributed by atoms with van der Waals surface area (Å²) in [6.07, 6.45) is 2.17. The minimum Gasteiger partial charge on any atom is -0.493 e. The Morgan fingerprint density at radius 3 is 2.56 bits per heavy atom. The number of alkyl halides is 1. The average Bonchev–Trinajstić information content (AvgIpc) is 2.34. The Kier molecular flexibility index (Phi) is 5.67. The quantitative estimate of drug-likeness (QED) is 0.743. The number of hydrogen-bond donors (Lipinski definition) is 0. The fourth-order valence-electron chi connectivity index (χ4n) is 1.63. The third-order valence-electron chi connectivity index (χ3n) is 2.65. The summed E-state index contributed by atoms with van der Waals surface area (Å²) in [4.78, 5) is 0. The highest BCUT2D eigenvalue weighted by Crippen LogP contribution is 2.31. The number of rotatable bonds is 6. The lowest BCUT2D eigenvalue weighted by molar-refractivity contribution is 0.351. The molecule has 0 fully saturated rings. The van der Waals surface area contributed by atoms with Crippen molar-refractivity contribution >= 4 is 15.9 Å². The van der Waals surface area contributed by atoms with E-state index in [9.17, 15) is 0 Å². The molecule has 0 aliphatic rings. The number of hydrogen-bond acceptors (Lipinski definition) is 2. The van der Waals surface area contributed by atoms with Crippen molar-refractivity contribution in [2.45, 2.75) is 19.8 Å². The lowest BCUT2D eigenvalue weighted by atomic mass is 10.0. The van der Waals surface area contributed by atoms with Gasteiger partial charge in [-0.15, -0.1) is 0 Å². The number of halogens is 1. The van der Waals surface area contributed by atoms with Gasteiger partial charge in [-0.25, -0.2) is 0 Å². The van der Waals surface area contributed by atoms with E-state index in [4.69, 9.17) is 9.47 Å².